The molecule has 0 radical (unpaired) electrons. The van der Waals surface area contributed by atoms with Crippen LogP contribution in [0.3, 0.4) is 0 Å². The van der Waals surface area contributed by atoms with E-state index in [0.717, 1.165) is 10.9 Å². The van der Waals surface area contributed by atoms with Gasteiger partial charge in [-0.2, -0.15) is 0 Å². The predicted octanol–water partition coefficient (Wildman–Crippen LogP) is 3.95. The molecule has 4 heteroatoms. The van der Waals surface area contributed by atoms with Crippen LogP contribution in [0.2, 0.25) is 0 Å². The Morgan fingerprint density at radius 3 is 2.14 bits per heavy atom. The van der Waals surface area contributed by atoms with E-state index in [1.54, 1.807) is 12.7 Å². The van der Waals surface area contributed by atoms with Crippen LogP contribution in [-0.2, 0) is 20.3 Å². The first kappa shape index (κ1) is 16.3. The second kappa shape index (κ2) is 7.24. The van der Waals surface area contributed by atoms with Crippen molar-refractivity contribution >= 4 is 18.4 Å². The summed E-state index contributed by atoms with van der Waals surface area (Å²) in [6.07, 6.45) is 0.381. The molecule has 0 bridgehead atoms. The first-order valence-corrected chi connectivity index (χ1v) is 8.97. The molecule has 0 fully saturated rings. The van der Waals surface area contributed by atoms with Crippen molar-refractivity contribution in [3.05, 3.63) is 77.6 Å². The van der Waals surface area contributed by atoms with Crippen LogP contribution in [0.15, 0.2) is 72.1 Å². The van der Waals surface area contributed by atoms with E-state index >= 15 is 0 Å². The molecule has 0 saturated carbocycles. The maximum absolute atomic E-state index is 13.5. The zero-order valence-electron chi connectivity index (χ0n) is 12.7. The van der Waals surface area contributed by atoms with Gasteiger partial charge in [0.1, 0.15) is 7.14 Å². The van der Waals surface area contributed by atoms with Gasteiger partial charge >= 0.3 is 5.97 Å². The standard InChI is InChI=1S/C18H19O3P/c1-15(18(19)21-2)13-22(20,17-11-7-4-8-12-17)14-16-9-5-3-6-10-16/h3-13H,14H2,1-2H3/b15-13+. The van der Waals surface area contributed by atoms with Gasteiger partial charge in [-0.05, 0) is 18.3 Å². The molecule has 0 heterocycles. The number of esters is 1. The molecule has 3 nitrogen and oxygen atoms in total. The molecule has 1 atom stereocenters. The molecule has 0 aliphatic heterocycles. The van der Waals surface area contributed by atoms with Crippen molar-refractivity contribution in [2.75, 3.05) is 7.11 Å². The number of carbonyl (C=O) groups excluding carboxylic acids is 1. The van der Waals surface area contributed by atoms with E-state index < -0.39 is 13.1 Å². The Bertz CT molecular complexity index is 706. The molecule has 22 heavy (non-hydrogen) atoms. The van der Waals surface area contributed by atoms with Crippen LogP contribution < -0.4 is 5.30 Å². The lowest BCUT2D eigenvalue weighted by Gasteiger charge is -2.16. The molecular weight excluding hydrogens is 295 g/mol. The fraction of sp³-hybridized carbons (Fsp3) is 0.167. The number of carbonyl (C=O) groups is 1. The number of rotatable bonds is 5. The third kappa shape index (κ3) is 3.96. The topological polar surface area (TPSA) is 43.4 Å². The third-order valence-corrected chi connectivity index (χ3v) is 6.17. The zero-order valence-corrected chi connectivity index (χ0v) is 13.6. The van der Waals surface area contributed by atoms with Gasteiger partial charge in [-0.1, -0.05) is 60.7 Å². The van der Waals surface area contributed by atoms with Gasteiger partial charge < -0.3 is 9.30 Å². The second-order valence-electron chi connectivity index (χ2n) is 5.08. The molecule has 0 N–H and O–H groups in total. The van der Waals surface area contributed by atoms with Gasteiger partial charge in [-0.3, -0.25) is 0 Å². The van der Waals surface area contributed by atoms with Crippen molar-refractivity contribution in [2.45, 2.75) is 13.1 Å². The first-order valence-electron chi connectivity index (χ1n) is 7.01. The van der Waals surface area contributed by atoms with Crippen molar-refractivity contribution < 1.29 is 14.1 Å². The smallest absolute Gasteiger partial charge is 0.333 e. The molecule has 2 aromatic carbocycles. The first-order chi connectivity index (χ1) is 10.5. The van der Waals surface area contributed by atoms with E-state index in [1.165, 1.54) is 7.11 Å². The number of hydrogen-bond acceptors (Lipinski definition) is 3. The van der Waals surface area contributed by atoms with E-state index in [2.05, 4.69) is 0 Å². The van der Waals surface area contributed by atoms with E-state index in [0.29, 0.717) is 11.7 Å². The van der Waals surface area contributed by atoms with Crippen molar-refractivity contribution in [3.8, 4) is 0 Å². The minimum atomic E-state index is -2.88. The Kier molecular flexibility index (Phi) is 5.35. The van der Waals surface area contributed by atoms with Crippen LogP contribution in [0.5, 0.6) is 0 Å². The Morgan fingerprint density at radius 1 is 1.05 bits per heavy atom. The fourth-order valence-corrected chi connectivity index (χ4v) is 4.86. The second-order valence-corrected chi connectivity index (χ2v) is 7.76. The van der Waals surface area contributed by atoms with Crippen LogP contribution in [0.4, 0.5) is 0 Å². The molecule has 0 aliphatic rings. The van der Waals surface area contributed by atoms with Gasteiger partial charge in [-0.15, -0.1) is 0 Å². The summed E-state index contributed by atoms with van der Waals surface area (Å²) in [6, 6.07) is 18.9. The average Bonchev–Trinajstić information content (AvgIpc) is 2.55. The fourth-order valence-electron chi connectivity index (χ4n) is 2.27. The summed E-state index contributed by atoms with van der Waals surface area (Å²) >= 11 is 0. The molecule has 0 aliphatic carbocycles. The van der Waals surface area contributed by atoms with Crippen molar-refractivity contribution in [1.82, 2.24) is 0 Å². The lowest BCUT2D eigenvalue weighted by atomic mass is 10.2. The Balaban J connectivity index is 2.46. The molecule has 0 amide bonds. The molecule has 2 aromatic rings. The van der Waals surface area contributed by atoms with Gasteiger partial charge in [0.25, 0.3) is 0 Å². The Labute approximate surface area is 131 Å². The summed E-state index contributed by atoms with van der Waals surface area (Å²) < 4.78 is 18.2. The Hall–Kier alpha value is -2.12. The summed E-state index contributed by atoms with van der Waals surface area (Å²) in [7, 11) is -1.56. The number of benzene rings is 2. The van der Waals surface area contributed by atoms with Crippen molar-refractivity contribution in [3.63, 3.8) is 0 Å². The van der Waals surface area contributed by atoms with E-state index in [9.17, 15) is 9.36 Å². The summed E-state index contributed by atoms with van der Waals surface area (Å²) in [5.41, 5.74) is 1.34. The maximum atomic E-state index is 13.5. The van der Waals surface area contributed by atoms with Gasteiger partial charge in [-0.25, -0.2) is 4.79 Å². The van der Waals surface area contributed by atoms with Crippen molar-refractivity contribution in [1.29, 1.82) is 0 Å². The zero-order chi connectivity index (χ0) is 16.0. The van der Waals surface area contributed by atoms with Gasteiger partial charge in [0.15, 0.2) is 0 Å². The van der Waals surface area contributed by atoms with Crippen LogP contribution in [-0.4, -0.2) is 13.1 Å². The van der Waals surface area contributed by atoms with E-state index in [-0.39, 0.29) is 0 Å². The van der Waals surface area contributed by atoms with Crippen LogP contribution in [0.25, 0.3) is 0 Å². The maximum Gasteiger partial charge on any atom is 0.333 e. The highest BCUT2D eigenvalue weighted by atomic mass is 31.2. The monoisotopic (exact) mass is 314 g/mol. The highest BCUT2D eigenvalue weighted by molar-refractivity contribution is 7.73. The van der Waals surface area contributed by atoms with Crippen LogP contribution in [0.1, 0.15) is 12.5 Å². The molecule has 1 unspecified atom stereocenters. The highest BCUT2D eigenvalue weighted by Crippen LogP contribution is 2.50. The van der Waals surface area contributed by atoms with Gasteiger partial charge in [0, 0.05) is 17.0 Å². The average molecular weight is 314 g/mol. The summed E-state index contributed by atoms with van der Waals surface area (Å²) in [6.45, 7) is 1.63. The summed E-state index contributed by atoms with van der Waals surface area (Å²) in [5.74, 6) is 1.12. The normalized spacial score (nSPS) is 14.2. The molecule has 2 rings (SSSR count). The largest absolute Gasteiger partial charge is 0.466 e. The molecule has 0 spiro atoms. The number of methoxy groups -OCH3 is 1. The molecular formula is C18H19O3P. The number of ether oxygens (including phenoxy) is 1. The highest BCUT2D eigenvalue weighted by Gasteiger charge is 2.24. The van der Waals surface area contributed by atoms with E-state index in [4.69, 9.17) is 4.74 Å². The molecule has 0 aromatic heterocycles. The third-order valence-electron chi connectivity index (χ3n) is 3.36. The molecule has 0 saturated heterocycles. The summed E-state index contributed by atoms with van der Waals surface area (Å²) in [5, 5.41) is 0.738. The number of hydrogen-bond donors (Lipinski definition) is 0. The minimum Gasteiger partial charge on any atom is -0.466 e. The minimum absolute atomic E-state index is 0.366. The summed E-state index contributed by atoms with van der Waals surface area (Å²) in [4.78, 5) is 11.7. The van der Waals surface area contributed by atoms with Gasteiger partial charge in [0.05, 0.1) is 7.11 Å². The van der Waals surface area contributed by atoms with Gasteiger partial charge in [0.2, 0.25) is 0 Å². The van der Waals surface area contributed by atoms with E-state index in [1.807, 2.05) is 60.7 Å². The lowest BCUT2D eigenvalue weighted by Crippen LogP contribution is -2.08. The predicted molar refractivity (Wildman–Crippen MR) is 89.6 cm³/mol. The molecule has 114 valence electrons. The Morgan fingerprint density at radius 2 is 1.59 bits per heavy atom. The SMILES string of the molecule is COC(=O)/C(C)=C/P(=O)(Cc1ccccc1)c1ccccc1. The van der Waals surface area contributed by atoms with Crippen molar-refractivity contribution in [2.24, 2.45) is 0 Å². The van der Waals surface area contributed by atoms with Crippen LogP contribution >= 0.6 is 7.14 Å². The quantitative estimate of drug-likeness (QED) is 0.477. The van der Waals surface area contributed by atoms with Crippen LogP contribution in [0, 0.1) is 0 Å². The lowest BCUT2D eigenvalue weighted by molar-refractivity contribution is -0.136.